The molecule has 0 spiro atoms. The highest BCUT2D eigenvalue weighted by Crippen LogP contribution is 2.26. The second kappa shape index (κ2) is 9.97. The smallest absolute Gasteiger partial charge is 0.310 e. The highest BCUT2D eigenvalue weighted by atomic mass is 35.5. The molecule has 0 radical (unpaired) electrons. The molecule has 0 aliphatic rings. The number of methoxy groups -OCH3 is 1. The number of para-hydroxylation sites is 1. The van der Waals surface area contributed by atoms with Crippen LogP contribution in [0.25, 0.3) is 0 Å². The number of ether oxygens (including phenoxy) is 2. The Balaban J connectivity index is 1.93. The quantitative estimate of drug-likeness (QED) is 0.671. The van der Waals surface area contributed by atoms with E-state index >= 15 is 0 Å². The van der Waals surface area contributed by atoms with Crippen molar-refractivity contribution >= 4 is 29.2 Å². The molecule has 6 heteroatoms. The van der Waals surface area contributed by atoms with Crippen molar-refractivity contribution in [3.05, 3.63) is 58.6 Å². The zero-order chi connectivity index (χ0) is 19.8. The predicted molar refractivity (Wildman–Crippen MR) is 106 cm³/mol. The lowest BCUT2D eigenvalue weighted by Crippen LogP contribution is -2.22. The van der Waals surface area contributed by atoms with Crippen LogP contribution >= 0.6 is 11.6 Å². The number of hydrogen-bond acceptors (Lipinski definition) is 4. The van der Waals surface area contributed by atoms with E-state index in [0.29, 0.717) is 22.3 Å². The zero-order valence-electron chi connectivity index (χ0n) is 15.8. The van der Waals surface area contributed by atoms with Crippen LogP contribution in [-0.4, -0.2) is 25.6 Å². The molecular formula is C21H24ClNO4. The topological polar surface area (TPSA) is 64.6 Å². The van der Waals surface area contributed by atoms with Gasteiger partial charge >= 0.3 is 5.97 Å². The van der Waals surface area contributed by atoms with Gasteiger partial charge in [-0.15, -0.1) is 0 Å². The number of amides is 1. The van der Waals surface area contributed by atoms with Crippen LogP contribution in [0.4, 0.5) is 5.69 Å². The van der Waals surface area contributed by atoms with Crippen molar-refractivity contribution in [1.29, 1.82) is 0 Å². The molecule has 27 heavy (non-hydrogen) atoms. The number of benzene rings is 2. The Morgan fingerprint density at radius 2 is 1.93 bits per heavy atom. The molecule has 1 amide bonds. The van der Waals surface area contributed by atoms with E-state index in [1.54, 1.807) is 18.2 Å². The summed E-state index contributed by atoms with van der Waals surface area (Å²) in [6, 6.07) is 12.6. The number of anilines is 1. The van der Waals surface area contributed by atoms with Gasteiger partial charge in [0.2, 0.25) is 0 Å². The number of carbonyl (C=O) groups excluding carboxylic acids is 2. The minimum absolute atomic E-state index is 0.0273. The van der Waals surface area contributed by atoms with Crippen LogP contribution in [0.15, 0.2) is 42.5 Å². The van der Waals surface area contributed by atoms with Crippen LogP contribution in [-0.2, 0) is 20.7 Å². The largest absolute Gasteiger partial charge is 0.496 e. The van der Waals surface area contributed by atoms with Gasteiger partial charge in [-0.25, -0.2) is 0 Å². The van der Waals surface area contributed by atoms with Gasteiger partial charge in [-0.1, -0.05) is 43.6 Å². The van der Waals surface area contributed by atoms with Gasteiger partial charge in [0.05, 0.1) is 13.5 Å². The molecule has 5 nitrogen and oxygen atoms in total. The average Bonchev–Trinajstić information content (AvgIpc) is 2.66. The van der Waals surface area contributed by atoms with E-state index < -0.39 is 5.97 Å². The summed E-state index contributed by atoms with van der Waals surface area (Å²) < 4.78 is 10.3. The van der Waals surface area contributed by atoms with E-state index in [1.807, 2.05) is 24.3 Å². The number of nitrogens with one attached hydrogen (secondary N) is 1. The summed E-state index contributed by atoms with van der Waals surface area (Å²) >= 11 is 5.96. The number of esters is 1. The Morgan fingerprint density at radius 3 is 2.63 bits per heavy atom. The SMILES string of the molecule is CC[C@@H](C)c1ccccc1NC(=O)COC(=O)Cc1cc(Cl)ccc1OC. The van der Waals surface area contributed by atoms with Crippen molar-refractivity contribution in [2.75, 3.05) is 19.0 Å². The lowest BCUT2D eigenvalue weighted by molar-refractivity contribution is -0.146. The molecule has 2 aromatic rings. The van der Waals surface area contributed by atoms with E-state index in [4.69, 9.17) is 21.1 Å². The highest BCUT2D eigenvalue weighted by molar-refractivity contribution is 6.30. The van der Waals surface area contributed by atoms with Gasteiger partial charge in [-0.2, -0.15) is 0 Å². The molecule has 0 bridgehead atoms. The Kier molecular flexibility index (Phi) is 7.67. The fourth-order valence-electron chi connectivity index (χ4n) is 2.68. The maximum absolute atomic E-state index is 12.2. The second-order valence-electron chi connectivity index (χ2n) is 6.24. The third-order valence-corrected chi connectivity index (χ3v) is 4.55. The van der Waals surface area contributed by atoms with Gasteiger partial charge in [0.15, 0.2) is 6.61 Å². The summed E-state index contributed by atoms with van der Waals surface area (Å²) in [5, 5.41) is 3.31. The Labute approximate surface area is 164 Å². The van der Waals surface area contributed by atoms with Crippen LogP contribution in [0.2, 0.25) is 5.02 Å². The van der Waals surface area contributed by atoms with Crippen LogP contribution in [0.5, 0.6) is 5.75 Å². The highest BCUT2D eigenvalue weighted by Gasteiger charge is 2.14. The van der Waals surface area contributed by atoms with E-state index in [0.717, 1.165) is 17.7 Å². The van der Waals surface area contributed by atoms with Crippen molar-refractivity contribution in [2.45, 2.75) is 32.6 Å². The zero-order valence-corrected chi connectivity index (χ0v) is 16.5. The van der Waals surface area contributed by atoms with Gasteiger partial charge in [-0.05, 0) is 42.2 Å². The maximum atomic E-state index is 12.2. The number of carbonyl (C=O) groups is 2. The molecule has 0 unspecified atom stereocenters. The van der Waals surface area contributed by atoms with E-state index in [1.165, 1.54) is 7.11 Å². The molecule has 0 aliphatic carbocycles. The van der Waals surface area contributed by atoms with Gasteiger partial charge in [-0.3, -0.25) is 9.59 Å². The minimum Gasteiger partial charge on any atom is -0.496 e. The third kappa shape index (κ3) is 6.00. The van der Waals surface area contributed by atoms with Crippen LogP contribution < -0.4 is 10.1 Å². The van der Waals surface area contributed by atoms with Crippen molar-refractivity contribution in [1.82, 2.24) is 0 Å². The molecule has 0 fully saturated rings. The third-order valence-electron chi connectivity index (χ3n) is 4.32. The van der Waals surface area contributed by atoms with Crippen LogP contribution in [0.1, 0.15) is 37.3 Å². The first-order valence-corrected chi connectivity index (χ1v) is 9.19. The molecule has 0 aliphatic heterocycles. The molecule has 144 valence electrons. The fourth-order valence-corrected chi connectivity index (χ4v) is 2.88. The van der Waals surface area contributed by atoms with E-state index in [-0.39, 0.29) is 18.9 Å². The van der Waals surface area contributed by atoms with Crippen molar-refractivity contribution in [2.24, 2.45) is 0 Å². The summed E-state index contributed by atoms with van der Waals surface area (Å²) in [6.45, 7) is 3.84. The van der Waals surface area contributed by atoms with E-state index in [9.17, 15) is 9.59 Å². The van der Waals surface area contributed by atoms with Gasteiger partial charge < -0.3 is 14.8 Å². The van der Waals surface area contributed by atoms with Gasteiger partial charge in [0.1, 0.15) is 5.75 Å². The van der Waals surface area contributed by atoms with E-state index in [2.05, 4.69) is 19.2 Å². The lowest BCUT2D eigenvalue weighted by atomic mass is 9.97. The minimum atomic E-state index is -0.527. The monoisotopic (exact) mass is 389 g/mol. The summed E-state index contributed by atoms with van der Waals surface area (Å²) in [6.07, 6.45) is 0.934. The molecular weight excluding hydrogens is 366 g/mol. The number of rotatable bonds is 8. The molecule has 1 N–H and O–H groups in total. The average molecular weight is 390 g/mol. The fraction of sp³-hybridized carbons (Fsp3) is 0.333. The van der Waals surface area contributed by atoms with Gasteiger partial charge in [0.25, 0.3) is 5.91 Å². The first kappa shape index (κ1) is 20.8. The summed E-state index contributed by atoms with van der Waals surface area (Å²) in [5.74, 6) is -0.0410. The number of hydrogen-bond donors (Lipinski definition) is 1. The first-order chi connectivity index (χ1) is 12.9. The Bertz CT molecular complexity index is 807. The summed E-state index contributed by atoms with van der Waals surface area (Å²) in [4.78, 5) is 24.2. The lowest BCUT2D eigenvalue weighted by Gasteiger charge is -2.15. The normalized spacial score (nSPS) is 11.6. The van der Waals surface area contributed by atoms with Crippen molar-refractivity contribution in [3.63, 3.8) is 0 Å². The number of halogens is 1. The maximum Gasteiger partial charge on any atom is 0.310 e. The predicted octanol–water partition coefficient (Wildman–Crippen LogP) is 4.59. The molecule has 1 atom stereocenters. The van der Waals surface area contributed by atoms with Crippen LogP contribution in [0, 0.1) is 0 Å². The van der Waals surface area contributed by atoms with Gasteiger partial charge in [0, 0.05) is 16.3 Å². The Hall–Kier alpha value is -2.53. The molecule has 0 saturated heterocycles. The molecule has 0 heterocycles. The standard InChI is InChI=1S/C21H24ClNO4/c1-4-14(2)17-7-5-6-8-18(17)23-20(24)13-27-21(25)12-15-11-16(22)9-10-19(15)26-3/h5-11,14H,4,12-13H2,1-3H3,(H,23,24)/t14-/m1/s1. The summed E-state index contributed by atoms with van der Waals surface area (Å²) in [7, 11) is 1.51. The van der Waals surface area contributed by atoms with Crippen LogP contribution in [0.3, 0.4) is 0 Å². The first-order valence-electron chi connectivity index (χ1n) is 8.81. The molecule has 2 rings (SSSR count). The Morgan fingerprint density at radius 1 is 1.19 bits per heavy atom. The second-order valence-corrected chi connectivity index (χ2v) is 6.67. The van der Waals surface area contributed by atoms with Crippen molar-refractivity contribution < 1.29 is 19.1 Å². The molecule has 0 saturated carbocycles. The summed E-state index contributed by atoms with van der Waals surface area (Å²) in [5.41, 5.74) is 2.41. The molecule has 2 aromatic carbocycles. The molecule has 0 aromatic heterocycles. The van der Waals surface area contributed by atoms with Crippen molar-refractivity contribution in [3.8, 4) is 5.75 Å².